The monoisotopic (exact) mass is 653 g/mol. The van der Waals surface area contributed by atoms with Gasteiger partial charge < -0.3 is 34.7 Å². The number of carbonyl (C=O) groups is 1. The Morgan fingerprint density at radius 2 is 1.96 bits per heavy atom. The smallest absolute Gasteiger partial charge is 0.305 e. The minimum Gasteiger partial charge on any atom is -0.506 e. The number of aromatic nitrogens is 2. The molecular formula is C33H40FN5O6S. The number of H-pyrrole nitrogens is 1. The number of carbonyl (C=O) groups excluding carboxylic acids is 1. The van der Waals surface area contributed by atoms with Crippen molar-refractivity contribution in [2.45, 2.75) is 57.3 Å². The second kappa shape index (κ2) is 13.6. The molecule has 0 bridgehead atoms. The van der Waals surface area contributed by atoms with E-state index in [-0.39, 0.29) is 34.8 Å². The molecule has 1 amide bonds. The number of morpholine rings is 1. The maximum Gasteiger partial charge on any atom is 0.305 e. The van der Waals surface area contributed by atoms with Crippen LogP contribution in [-0.4, -0.2) is 87.5 Å². The number of aromatic amines is 1. The van der Waals surface area contributed by atoms with Crippen molar-refractivity contribution >= 4 is 27.5 Å². The van der Waals surface area contributed by atoms with E-state index in [1.54, 1.807) is 18.2 Å². The summed E-state index contributed by atoms with van der Waals surface area (Å²) in [4.78, 5) is 31.3. The van der Waals surface area contributed by atoms with E-state index in [1.807, 2.05) is 24.8 Å². The molecule has 2 saturated heterocycles. The van der Waals surface area contributed by atoms with Crippen LogP contribution in [0.4, 0.5) is 4.39 Å². The topological polar surface area (TPSA) is 144 Å². The first kappa shape index (κ1) is 32.3. The third kappa shape index (κ3) is 7.18. The Hall–Kier alpha value is -3.62. The maximum absolute atomic E-state index is 14.6. The Labute approximate surface area is 270 Å². The van der Waals surface area contributed by atoms with Crippen molar-refractivity contribution in [1.29, 1.82) is 0 Å². The summed E-state index contributed by atoms with van der Waals surface area (Å²) >= 11 is 0.950. The number of benzene rings is 2. The first-order valence-corrected chi connectivity index (χ1v) is 16.5. The second-order valence-corrected chi connectivity index (χ2v) is 13.6. The van der Waals surface area contributed by atoms with Gasteiger partial charge in [0.1, 0.15) is 22.8 Å². The fraction of sp³-hybridized carbons (Fsp3) is 0.485. The summed E-state index contributed by atoms with van der Waals surface area (Å²) in [5, 5.41) is 28.0. The van der Waals surface area contributed by atoms with Crippen molar-refractivity contribution in [2.75, 3.05) is 45.9 Å². The van der Waals surface area contributed by atoms with E-state index in [1.165, 1.54) is 12.1 Å². The number of aliphatic hydroxyl groups excluding tert-OH is 1. The van der Waals surface area contributed by atoms with Gasteiger partial charge in [-0.2, -0.15) is 0 Å². The molecule has 6 rings (SSSR count). The largest absolute Gasteiger partial charge is 0.506 e. The predicted octanol–water partition coefficient (Wildman–Crippen LogP) is 3.92. The van der Waals surface area contributed by atoms with Crippen LogP contribution in [0.5, 0.6) is 5.75 Å². The van der Waals surface area contributed by atoms with Gasteiger partial charge in [0.25, 0.3) is 5.91 Å². The molecule has 13 heteroatoms. The molecule has 2 fully saturated rings. The molecule has 4 heterocycles. The fourth-order valence-corrected chi connectivity index (χ4v) is 7.28. The number of piperidine rings is 1. The molecule has 2 aliphatic heterocycles. The molecule has 1 atom stereocenters. The maximum atomic E-state index is 14.6. The summed E-state index contributed by atoms with van der Waals surface area (Å²) in [6.07, 6.45) is 1.24. The number of fused-ring (bicyclic) bond motifs is 1. The highest BCUT2D eigenvalue weighted by molar-refractivity contribution is 7.16. The van der Waals surface area contributed by atoms with E-state index in [0.29, 0.717) is 66.4 Å². The number of thiazole rings is 1. The summed E-state index contributed by atoms with van der Waals surface area (Å²) in [7, 11) is 0. The van der Waals surface area contributed by atoms with Crippen LogP contribution < -0.4 is 10.2 Å². The number of amides is 1. The molecule has 0 radical (unpaired) electrons. The van der Waals surface area contributed by atoms with Crippen LogP contribution in [-0.2, 0) is 17.7 Å². The van der Waals surface area contributed by atoms with Crippen molar-refractivity contribution in [2.24, 2.45) is 0 Å². The first-order valence-electron chi connectivity index (χ1n) is 15.7. The van der Waals surface area contributed by atoms with Crippen molar-refractivity contribution < 1.29 is 28.7 Å². The van der Waals surface area contributed by atoms with E-state index in [2.05, 4.69) is 20.4 Å². The van der Waals surface area contributed by atoms with Crippen LogP contribution in [0, 0.1) is 5.82 Å². The molecule has 46 heavy (non-hydrogen) atoms. The molecule has 0 aliphatic carbocycles. The number of likely N-dealkylation sites (tertiary alicyclic amines) is 1. The van der Waals surface area contributed by atoms with E-state index in [0.717, 1.165) is 48.4 Å². The zero-order valence-electron chi connectivity index (χ0n) is 26.1. The van der Waals surface area contributed by atoms with Gasteiger partial charge in [-0.25, -0.2) is 4.39 Å². The lowest BCUT2D eigenvalue weighted by molar-refractivity contribution is -0.128. The molecule has 246 valence electrons. The number of phenols is 1. The predicted molar refractivity (Wildman–Crippen MR) is 172 cm³/mol. The van der Waals surface area contributed by atoms with Gasteiger partial charge in [-0.15, -0.1) is 0 Å². The SMILES string of the molecule is CC(C)c1cc(C(=O)N2CCOC3(CCN(Cc4cc(F)cc(CCNC[C@H](O)c5ccc(O)c6[nH]c(=O)sc56)c4)CC3)C2)no1. The van der Waals surface area contributed by atoms with Gasteiger partial charge in [-0.1, -0.05) is 42.5 Å². The summed E-state index contributed by atoms with van der Waals surface area (Å²) in [6, 6.07) is 9.94. The van der Waals surface area contributed by atoms with Crippen molar-refractivity contribution in [1.82, 2.24) is 25.3 Å². The Morgan fingerprint density at radius 1 is 1.17 bits per heavy atom. The number of nitrogens with one attached hydrogen (secondary N) is 2. The third-order valence-corrected chi connectivity index (χ3v) is 9.85. The molecule has 4 aromatic rings. The van der Waals surface area contributed by atoms with Gasteiger partial charge in [-0.05, 0) is 55.1 Å². The number of hydrogen-bond acceptors (Lipinski definition) is 10. The number of rotatable bonds is 10. The lowest BCUT2D eigenvalue weighted by Crippen LogP contribution is -2.58. The summed E-state index contributed by atoms with van der Waals surface area (Å²) in [5.41, 5.74) is 2.58. The molecule has 2 aromatic carbocycles. The van der Waals surface area contributed by atoms with E-state index < -0.39 is 11.7 Å². The second-order valence-electron chi connectivity index (χ2n) is 12.6. The fourth-order valence-electron chi connectivity index (χ4n) is 6.36. The molecule has 2 aromatic heterocycles. The molecular weight excluding hydrogens is 613 g/mol. The lowest BCUT2D eigenvalue weighted by Gasteiger charge is -2.47. The van der Waals surface area contributed by atoms with Gasteiger partial charge in [-0.3, -0.25) is 14.5 Å². The number of aromatic hydroxyl groups is 1. The molecule has 2 aliphatic rings. The number of aliphatic hydroxyl groups is 1. The normalized spacial score (nSPS) is 17.7. The third-order valence-electron chi connectivity index (χ3n) is 8.92. The molecule has 0 unspecified atom stereocenters. The molecule has 0 saturated carbocycles. The van der Waals surface area contributed by atoms with Gasteiger partial charge in [0.2, 0.25) is 0 Å². The Morgan fingerprint density at radius 3 is 2.72 bits per heavy atom. The van der Waals surface area contributed by atoms with Crippen molar-refractivity contribution in [3.8, 4) is 5.75 Å². The number of phenolic OH excluding ortho intramolecular Hbond substituents is 1. The zero-order valence-corrected chi connectivity index (χ0v) is 26.9. The average Bonchev–Trinajstić information content (AvgIpc) is 3.68. The Bertz CT molecular complexity index is 1740. The number of halogens is 1. The Balaban J connectivity index is 0.989. The van der Waals surface area contributed by atoms with Crippen LogP contribution in [0.2, 0.25) is 0 Å². The summed E-state index contributed by atoms with van der Waals surface area (Å²) < 4.78 is 26.7. The number of hydrogen-bond donors (Lipinski definition) is 4. The highest BCUT2D eigenvalue weighted by Crippen LogP contribution is 2.33. The van der Waals surface area contributed by atoms with Gasteiger partial charge in [0.05, 0.1) is 29.6 Å². The van der Waals surface area contributed by atoms with Gasteiger partial charge in [0.15, 0.2) is 5.69 Å². The van der Waals surface area contributed by atoms with E-state index in [9.17, 15) is 24.2 Å². The Kier molecular flexibility index (Phi) is 9.57. The molecule has 4 N–H and O–H groups in total. The average molecular weight is 654 g/mol. The molecule has 11 nitrogen and oxygen atoms in total. The van der Waals surface area contributed by atoms with Crippen LogP contribution in [0.3, 0.4) is 0 Å². The summed E-state index contributed by atoms with van der Waals surface area (Å²) in [5.74, 6) is 0.402. The molecule has 1 spiro atoms. The van der Waals surface area contributed by atoms with Crippen molar-refractivity contribution in [3.63, 3.8) is 0 Å². The lowest BCUT2D eigenvalue weighted by atomic mass is 9.89. The highest BCUT2D eigenvalue weighted by atomic mass is 32.1. The van der Waals surface area contributed by atoms with Gasteiger partial charge >= 0.3 is 4.87 Å². The van der Waals surface area contributed by atoms with Crippen LogP contribution >= 0.6 is 11.3 Å². The zero-order chi connectivity index (χ0) is 32.4. The van der Waals surface area contributed by atoms with E-state index in [4.69, 9.17) is 9.26 Å². The number of nitrogens with zero attached hydrogens (tertiary/aromatic N) is 3. The number of ether oxygens (including phenoxy) is 1. The quantitative estimate of drug-likeness (QED) is 0.187. The standard InChI is InChI=1S/C33H40FN5O6S/c1-20(2)28-16-25(37-45-28)31(42)39-11-12-44-33(19-39)6-9-38(10-7-33)18-22-13-21(14-23(34)15-22)5-8-35-17-27(41)24-3-4-26(40)29-30(24)46-32(43)36-29/h3-4,13-16,20,27,35,40-41H,5-12,17-19H2,1-2H3,(H,36,43)/t27-/m0/s1. The van der Waals surface area contributed by atoms with Crippen LogP contribution in [0.1, 0.15) is 71.7 Å². The summed E-state index contributed by atoms with van der Waals surface area (Å²) in [6.45, 7) is 8.43. The van der Waals surface area contributed by atoms with Crippen LogP contribution in [0.15, 0.2) is 45.7 Å². The minimum absolute atomic E-state index is 0.0343. The van der Waals surface area contributed by atoms with Crippen LogP contribution in [0.25, 0.3) is 10.2 Å². The van der Waals surface area contributed by atoms with E-state index >= 15 is 0 Å². The minimum atomic E-state index is -0.876. The van der Waals surface area contributed by atoms with Crippen molar-refractivity contribution in [3.05, 3.63) is 80.0 Å². The highest BCUT2D eigenvalue weighted by Gasteiger charge is 2.41. The van der Waals surface area contributed by atoms with Gasteiger partial charge in [0, 0.05) is 50.3 Å². The first-order chi connectivity index (χ1) is 22.1.